The van der Waals surface area contributed by atoms with Gasteiger partial charge in [-0.2, -0.15) is 0 Å². The van der Waals surface area contributed by atoms with E-state index in [0.29, 0.717) is 24.4 Å². The minimum absolute atomic E-state index is 0.109. The summed E-state index contributed by atoms with van der Waals surface area (Å²) in [5.41, 5.74) is 0.803. The number of amides is 1. The van der Waals surface area contributed by atoms with Gasteiger partial charge < -0.3 is 10.6 Å². The number of hydrogen-bond acceptors (Lipinski definition) is 3. The molecule has 2 N–H and O–H groups in total. The van der Waals surface area contributed by atoms with Crippen LogP contribution in [0.4, 0.5) is 5.69 Å². The summed E-state index contributed by atoms with van der Waals surface area (Å²) in [6.45, 7) is 0. The van der Waals surface area contributed by atoms with Gasteiger partial charge >= 0.3 is 0 Å². The van der Waals surface area contributed by atoms with Crippen molar-refractivity contribution in [2.45, 2.75) is 44.2 Å². The summed E-state index contributed by atoms with van der Waals surface area (Å²) >= 11 is 3.39. The molecule has 2 bridgehead atoms. The summed E-state index contributed by atoms with van der Waals surface area (Å²) in [6, 6.07) is 3.10. The topological polar surface area (TPSA) is 54.0 Å². The predicted octanol–water partition coefficient (Wildman–Crippen LogP) is 2.70. The van der Waals surface area contributed by atoms with Crippen LogP contribution in [0.1, 0.15) is 32.1 Å². The van der Waals surface area contributed by atoms with Crippen LogP contribution < -0.4 is 10.6 Å². The lowest BCUT2D eigenvalue weighted by molar-refractivity contribution is -0.117. The molecule has 1 amide bonds. The van der Waals surface area contributed by atoms with Crippen LogP contribution >= 0.6 is 15.9 Å². The number of carbonyl (C=O) groups excluding carboxylic acids is 1. The first kappa shape index (κ1) is 13.1. The fourth-order valence-corrected chi connectivity index (χ4v) is 3.63. The molecule has 4 nitrogen and oxygen atoms in total. The Morgan fingerprint density at radius 2 is 2.16 bits per heavy atom. The first-order chi connectivity index (χ1) is 9.20. The molecule has 2 unspecified atom stereocenters. The molecule has 2 aliphatic rings. The van der Waals surface area contributed by atoms with Gasteiger partial charge in [0.25, 0.3) is 0 Å². The van der Waals surface area contributed by atoms with Crippen LogP contribution in [0.25, 0.3) is 0 Å². The monoisotopic (exact) mass is 323 g/mol. The minimum Gasteiger partial charge on any atom is -0.325 e. The Hall–Kier alpha value is -0.940. The summed E-state index contributed by atoms with van der Waals surface area (Å²) < 4.78 is 0.828. The summed E-state index contributed by atoms with van der Waals surface area (Å²) in [5, 5.41) is 6.57. The Kier molecular flexibility index (Phi) is 3.84. The average molecular weight is 324 g/mol. The number of pyridine rings is 1. The van der Waals surface area contributed by atoms with Crippen molar-refractivity contribution >= 4 is 27.5 Å². The molecule has 0 aromatic carbocycles. The molecule has 2 atom stereocenters. The zero-order valence-electron chi connectivity index (χ0n) is 10.7. The molecule has 0 radical (unpaired) electrons. The van der Waals surface area contributed by atoms with Crippen LogP contribution in [-0.4, -0.2) is 23.0 Å². The van der Waals surface area contributed by atoms with Gasteiger partial charge in [-0.15, -0.1) is 0 Å². The van der Waals surface area contributed by atoms with Crippen LogP contribution in [0.3, 0.4) is 0 Å². The van der Waals surface area contributed by atoms with Crippen molar-refractivity contribution in [2.24, 2.45) is 5.92 Å². The molecule has 19 heavy (non-hydrogen) atoms. The lowest BCUT2D eigenvalue weighted by atomic mass is 9.89. The fourth-order valence-electron chi connectivity index (χ4n) is 3.28. The van der Waals surface area contributed by atoms with E-state index in [1.807, 2.05) is 6.07 Å². The first-order valence-electron chi connectivity index (χ1n) is 6.86. The van der Waals surface area contributed by atoms with Crippen LogP contribution in [-0.2, 0) is 4.79 Å². The zero-order valence-corrected chi connectivity index (χ0v) is 12.3. The van der Waals surface area contributed by atoms with E-state index in [-0.39, 0.29) is 5.91 Å². The largest absolute Gasteiger partial charge is 0.325 e. The molecule has 0 spiro atoms. The predicted molar refractivity (Wildman–Crippen MR) is 77.9 cm³/mol. The second-order valence-corrected chi connectivity index (χ2v) is 6.44. The number of nitrogens with zero attached hydrogens (tertiary/aromatic N) is 1. The van der Waals surface area contributed by atoms with E-state index in [1.165, 1.54) is 12.8 Å². The molecule has 1 aromatic rings. The number of fused-ring (bicyclic) bond motifs is 2. The summed E-state index contributed by atoms with van der Waals surface area (Å²) in [7, 11) is 0. The number of nitrogens with one attached hydrogen (secondary N) is 2. The van der Waals surface area contributed by atoms with E-state index in [9.17, 15) is 4.79 Å². The number of piperidine rings is 1. The van der Waals surface area contributed by atoms with Gasteiger partial charge in [0.15, 0.2) is 0 Å². The number of rotatable bonds is 3. The number of halogens is 1. The number of anilines is 1. The van der Waals surface area contributed by atoms with Gasteiger partial charge in [0.05, 0.1) is 10.2 Å². The van der Waals surface area contributed by atoms with E-state index in [1.54, 1.807) is 12.4 Å². The second kappa shape index (κ2) is 5.59. The van der Waals surface area contributed by atoms with Crippen molar-refractivity contribution in [1.82, 2.24) is 10.3 Å². The van der Waals surface area contributed by atoms with E-state index < -0.39 is 0 Å². The molecule has 5 heteroatoms. The lowest BCUT2D eigenvalue weighted by Crippen LogP contribution is -2.39. The first-order valence-corrected chi connectivity index (χ1v) is 7.65. The van der Waals surface area contributed by atoms with Crippen LogP contribution in [0, 0.1) is 5.92 Å². The Bertz CT molecular complexity index is 468. The average Bonchev–Trinajstić information content (AvgIpc) is 2.72. The molecule has 1 aromatic heterocycles. The third kappa shape index (κ3) is 3.15. The maximum atomic E-state index is 12.1. The lowest BCUT2D eigenvalue weighted by Gasteiger charge is -2.28. The Morgan fingerprint density at radius 3 is 2.84 bits per heavy atom. The van der Waals surface area contributed by atoms with Gasteiger partial charge in [-0.1, -0.05) is 0 Å². The van der Waals surface area contributed by atoms with Gasteiger partial charge in [-0.3, -0.25) is 9.78 Å². The quantitative estimate of drug-likeness (QED) is 0.899. The van der Waals surface area contributed by atoms with E-state index in [2.05, 4.69) is 31.5 Å². The minimum atomic E-state index is 0.109. The standard InChI is InChI=1S/C14H18BrN3O/c15-12-8-16-4-3-13(12)18-14(19)7-9-5-10-1-2-11(6-9)17-10/h3-4,8-11,17H,1-2,5-7H2,(H,16,18,19). The summed E-state index contributed by atoms with van der Waals surface area (Å²) in [4.78, 5) is 16.1. The highest BCUT2D eigenvalue weighted by atomic mass is 79.9. The van der Waals surface area contributed by atoms with Gasteiger partial charge in [0.2, 0.25) is 5.91 Å². The highest BCUT2D eigenvalue weighted by Gasteiger charge is 2.34. The SMILES string of the molecule is O=C(CC1CC2CCC(C1)N2)Nc1ccncc1Br. The third-order valence-electron chi connectivity index (χ3n) is 4.09. The van der Waals surface area contributed by atoms with Crippen LogP contribution in [0.5, 0.6) is 0 Å². The molecular formula is C14H18BrN3O. The zero-order chi connectivity index (χ0) is 13.2. The van der Waals surface area contributed by atoms with Crippen molar-refractivity contribution < 1.29 is 4.79 Å². The molecule has 3 heterocycles. The van der Waals surface area contributed by atoms with Crippen molar-refractivity contribution in [3.05, 3.63) is 22.9 Å². The number of hydrogen-bond donors (Lipinski definition) is 2. The number of carbonyl (C=O) groups is 1. The summed E-state index contributed by atoms with van der Waals surface area (Å²) in [6.07, 6.45) is 8.84. The molecule has 2 aliphatic heterocycles. The highest BCUT2D eigenvalue weighted by Crippen LogP contribution is 2.33. The molecule has 3 rings (SSSR count). The van der Waals surface area contributed by atoms with E-state index in [0.717, 1.165) is 23.0 Å². The van der Waals surface area contributed by atoms with Gasteiger partial charge in [-0.05, 0) is 53.6 Å². The molecule has 102 valence electrons. The Morgan fingerprint density at radius 1 is 1.42 bits per heavy atom. The van der Waals surface area contributed by atoms with Crippen molar-refractivity contribution in [3.8, 4) is 0 Å². The Balaban J connectivity index is 1.56. The van der Waals surface area contributed by atoms with Gasteiger partial charge in [0.1, 0.15) is 0 Å². The smallest absolute Gasteiger partial charge is 0.224 e. The molecular weight excluding hydrogens is 306 g/mol. The van der Waals surface area contributed by atoms with Crippen molar-refractivity contribution in [2.75, 3.05) is 5.32 Å². The van der Waals surface area contributed by atoms with E-state index >= 15 is 0 Å². The van der Waals surface area contributed by atoms with Crippen LogP contribution in [0.15, 0.2) is 22.9 Å². The second-order valence-electron chi connectivity index (χ2n) is 5.58. The molecule has 0 aliphatic carbocycles. The molecule has 0 saturated carbocycles. The maximum Gasteiger partial charge on any atom is 0.224 e. The normalized spacial score (nSPS) is 29.2. The molecule has 2 saturated heterocycles. The van der Waals surface area contributed by atoms with E-state index in [4.69, 9.17) is 0 Å². The fraction of sp³-hybridized carbons (Fsp3) is 0.571. The third-order valence-corrected chi connectivity index (χ3v) is 4.72. The van der Waals surface area contributed by atoms with Crippen LogP contribution in [0.2, 0.25) is 0 Å². The van der Waals surface area contributed by atoms with Crippen molar-refractivity contribution in [1.29, 1.82) is 0 Å². The van der Waals surface area contributed by atoms with Gasteiger partial charge in [0, 0.05) is 30.9 Å². The highest BCUT2D eigenvalue weighted by molar-refractivity contribution is 9.10. The Labute approximate surface area is 121 Å². The molecule has 2 fully saturated rings. The van der Waals surface area contributed by atoms with Gasteiger partial charge in [-0.25, -0.2) is 0 Å². The number of aromatic nitrogens is 1. The van der Waals surface area contributed by atoms with Crippen molar-refractivity contribution in [3.63, 3.8) is 0 Å². The summed E-state index contributed by atoms with van der Waals surface area (Å²) in [5.74, 6) is 0.637. The maximum absolute atomic E-state index is 12.1.